The Balaban J connectivity index is 1.54. The minimum absolute atomic E-state index is 0.280. The van der Waals surface area contributed by atoms with E-state index in [-0.39, 0.29) is 6.04 Å². The number of hydrogen-bond acceptors (Lipinski definition) is 3. The largest absolute Gasteiger partial charge is 0.488 e. The van der Waals surface area contributed by atoms with E-state index in [1.54, 1.807) is 0 Å². The quantitative estimate of drug-likeness (QED) is 0.751. The van der Waals surface area contributed by atoms with Crippen LogP contribution in [0.15, 0.2) is 60.7 Å². The lowest BCUT2D eigenvalue weighted by Crippen LogP contribution is -2.60. The lowest BCUT2D eigenvalue weighted by Gasteiger charge is -2.43. The van der Waals surface area contributed by atoms with Gasteiger partial charge in [0.2, 0.25) is 0 Å². The maximum atomic E-state index is 6.28. The zero-order valence-electron chi connectivity index (χ0n) is 14.8. The van der Waals surface area contributed by atoms with Crippen molar-refractivity contribution in [3.8, 4) is 11.5 Å². The molecule has 1 saturated heterocycles. The monoisotopic (exact) mass is 341 g/mol. The van der Waals surface area contributed by atoms with Gasteiger partial charge in [-0.2, -0.15) is 0 Å². The first kappa shape index (κ1) is 17.8. The fraction of sp³-hybridized carbons (Fsp3) is 0.429. The molecule has 2 N–H and O–H groups in total. The van der Waals surface area contributed by atoms with E-state index in [2.05, 4.69) is 0 Å². The van der Waals surface area contributed by atoms with Crippen LogP contribution in [-0.2, 0) is 0 Å². The van der Waals surface area contributed by atoms with Crippen LogP contribution in [0.1, 0.15) is 12.8 Å². The number of para-hydroxylation sites is 2. The Morgan fingerprint density at radius 1 is 0.840 bits per heavy atom. The topological polar surface area (TPSA) is 44.5 Å². The maximum absolute atomic E-state index is 6.28. The van der Waals surface area contributed by atoms with Crippen LogP contribution in [0, 0.1) is 0 Å². The minimum atomic E-state index is 0.280. The van der Waals surface area contributed by atoms with Crippen molar-refractivity contribution >= 4 is 0 Å². The molecule has 4 nitrogen and oxygen atoms in total. The zero-order chi connectivity index (χ0) is 17.4. The molecule has 1 aliphatic heterocycles. The third-order valence-electron chi connectivity index (χ3n) is 4.98. The van der Waals surface area contributed by atoms with Crippen LogP contribution in [0.5, 0.6) is 11.5 Å². The van der Waals surface area contributed by atoms with Crippen LogP contribution < -0.4 is 15.2 Å². The average molecular weight is 341 g/mol. The smallest absolute Gasteiger partial charge is 0.137 e. The molecule has 1 atom stereocenters. The standard InChI is InChI=1S/C21H29N2O2/c22-19-8-7-13-23(18-19,14-16-24-20-9-3-1-4-10-20)15-17-25-21-11-5-2-6-12-21/h1-6,9-12,19H,7-8,13-18,22H2/q+1/t19-/m0/s1. The van der Waals surface area contributed by atoms with Gasteiger partial charge in [-0.25, -0.2) is 0 Å². The van der Waals surface area contributed by atoms with Crippen molar-refractivity contribution in [2.75, 3.05) is 39.4 Å². The van der Waals surface area contributed by atoms with Crippen LogP contribution in [0.3, 0.4) is 0 Å². The lowest BCUT2D eigenvalue weighted by atomic mass is 10.0. The molecule has 0 unspecified atom stereocenters. The van der Waals surface area contributed by atoms with E-state index in [1.807, 2.05) is 60.7 Å². The molecule has 0 bridgehead atoms. The lowest BCUT2D eigenvalue weighted by molar-refractivity contribution is -0.933. The van der Waals surface area contributed by atoms with Crippen molar-refractivity contribution in [2.45, 2.75) is 18.9 Å². The van der Waals surface area contributed by atoms with Crippen LogP contribution in [0.25, 0.3) is 0 Å². The molecule has 0 saturated carbocycles. The van der Waals surface area contributed by atoms with Crippen LogP contribution >= 0.6 is 0 Å². The Hall–Kier alpha value is -2.04. The zero-order valence-corrected chi connectivity index (χ0v) is 14.8. The minimum Gasteiger partial charge on any atom is -0.488 e. The number of piperidine rings is 1. The SMILES string of the molecule is N[C@H]1CCC[N+](CCOc2ccccc2)(CCOc2ccccc2)C1. The fourth-order valence-electron chi connectivity index (χ4n) is 3.63. The van der Waals surface area contributed by atoms with E-state index in [0.29, 0.717) is 13.2 Å². The van der Waals surface area contributed by atoms with E-state index in [0.717, 1.165) is 48.6 Å². The van der Waals surface area contributed by atoms with Crippen molar-refractivity contribution in [1.82, 2.24) is 0 Å². The molecule has 0 radical (unpaired) electrons. The molecule has 1 heterocycles. The summed E-state index contributed by atoms with van der Waals surface area (Å²) in [6.45, 7) is 5.53. The predicted molar refractivity (Wildman–Crippen MR) is 101 cm³/mol. The van der Waals surface area contributed by atoms with Gasteiger partial charge < -0.3 is 19.7 Å². The molecule has 2 aromatic carbocycles. The Morgan fingerprint density at radius 3 is 1.84 bits per heavy atom. The summed E-state index contributed by atoms with van der Waals surface area (Å²) in [6.07, 6.45) is 2.30. The molecule has 0 spiro atoms. The number of nitrogens with zero attached hydrogens (tertiary/aromatic N) is 1. The molecule has 2 aromatic rings. The third kappa shape index (κ3) is 5.48. The summed E-state index contributed by atoms with van der Waals surface area (Å²) in [5, 5.41) is 0. The van der Waals surface area contributed by atoms with Crippen molar-refractivity contribution in [3.63, 3.8) is 0 Å². The summed E-state index contributed by atoms with van der Waals surface area (Å²) in [6, 6.07) is 20.3. The van der Waals surface area contributed by atoms with E-state index in [9.17, 15) is 0 Å². The van der Waals surface area contributed by atoms with Gasteiger partial charge >= 0.3 is 0 Å². The van der Waals surface area contributed by atoms with Gasteiger partial charge in [0.25, 0.3) is 0 Å². The molecule has 4 heteroatoms. The van der Waals surface area contributed by atoms with Crippen LogP contribution in [-0.4, -0.2) is 49.9 Å². The molecular formula is C21H29N2O2+. The second kappa shape index (κ2) is 8.88. The normalized spacial score (nSPS) is 19.3. The second-order valence-electron chi connectivity index (χ2n) is 6.92. The van der Waals surface area contributed by atoms with E-state index >= 15 is 0 Å². The Kier molecular flexibility index (Phi) is 6.31. The first-order valence-electron chi connectivity index (χ1n) is 9.22. The number of benzene rings is 2. The molecular weight excluding hydrogens is 312 g/mol. The summed E-state index contributed by atoms with van der Waals surface area (Å²) in [7, 11) is 0. The van der Waals surface area contributed by atoms with Gasteiger partial charge in [0, 0.05) is 0 Å². The molecule has 3 rings (SSSR count). The average Bonchev–Trinajstić information content (AvgIpc) is 2.64. The highest BCUT2D eigenvalue weighted by molar-refractivity contribution is 5.21. The number of hydrogen-bond donors (Lipinski definition) is 1. The summed E-state index contributed by atoms with van der Waals surface area (Å²) in [5.41, 5.74) is 6.28. The number of rotatable bonds is 8. The molecule has 0 amide bonds. The van der Waals surface area contributed by atoms with Gasteiger partial charge in [-0.15, -0.1) is 0 Å². The van der Waals surface area contributed by atoms with Crippen molar-refractivity contribution in [2.24, 2.45) is 5.73 Å². The van der Waals surface area contributed by atoms with Crippen molar-refractivity contribution in [3.05, 3.63) is 60.7 Å². The molecule has 1 aliphatic rings. The molecule has 1 fully saturated rings. The summed E-state index contributed by atoms with van der Waals surface area (Å²) >= 11 is 0. The predicted octanol–water partition coefficient (Wildman–Crippen LogP) is 3.08. The van der Waals surface area contributed by atoms with Gasteiger partial charge in [0.05, 0.1) is 19.1 Å². The van der Waals surface area contributed by atoms with Crippen LogP contribution in [0.4, 0.5) is 0 Å². The van der Waals surface area contributed by atoms with Crippen molar-refractivity contribution in [1.29, 1.82) is 0 Å². The van der Waals surface area contributed by atoms with Gasteiger partial charge in [0.1, 0.15) is 37.8 Å². The Labute approximate surface area is 150 Å². The van der Waals surface area contributed by atoms with Gasteiger partial charge in [-0.05, 0) is 37.1 Å². The third-order valence-corrected chi connectivity index (χ3v) is 4.98. The highest BCUT2D eigenvalue weighted by Gasteiger charge is 2.33. The number of ether oxygens (including phenoxy) is 2. The number of quaternary nitrogens is 1. The number of likely N-dealkylation sites (tertiary alicyclic amines) is 1. The summed E-state index contributed by atoms with van der Waals surface area (Å²) in [4.78, 5) is 0. The molecule has 134 valence electrons. The molecule has 25 heavy (non-hydrogen) atoms. The maximum Gasteiger partial charge on any atom is 0.137 e. The Bertz CT molecular complexity index is 573. The fourth-order valence-corrected chi connectivity index (χ4v) is 3.63. The summed E-state index contributed by atoms with van der Waals surface area (Å²) < 4.78 is 12.9. The summed E-state index contributed by atoms with van der Waals surface area (Å²) in [5.74, 6) is 1.87. The first-order chi connectivity index (χ1) is 12.3. The molecule has 0 aliphatic carbocycles. The van der Waals surface area contributed by atoms with E-state index < -0.39 is 0 Å². The van der Waals surface area contributed by atoms with E-state index in [4.69, 9.17) is 15.2 Å². The number of nitrogens with two attached hydrogens (primary N) is 1. The van der Waals surface area contributed by atoms with Crippen LogP contribution in [0.2, 0.25) is 0 Å². The second-order valence-corrected chi connectivity index (χ2v) is 6.92. The van der Waals surface area contributed by atoms with Gasteiger partial charge in [-0.1, -0.05) is 36.4 Å². The first-order valence-corrected chi connectivity index (χ1v) is 9.22. The van der Waals surface area contributed by atoms with Gasteiger partial charge in [-0.3, -0.25) is 0 Å². The Morgan fingerprint density at radius 2 is 1.36 bits per heavy atom. The molecule has 0 aromatic heterocycles. The highest BCUT2D eigenvalue weighted by Crippen LogP contribution is 2.19. The highest BCUT2D eigenvalue weighted by atomic mass is 16.5. The van der Waals surface area contributed by atoms with Gasteiger partial charge in [0.15, 0.2) is 0 Å². The van der Waals surface area contributed by atoms with E-state index in [1.165, 1.54) is 6.42 Å². The van der Waals surface area contributed by atoms with Crippen molar-refractivity contribution < 1.29 is 14.0 Å².